The van der Waals surface area contributed by atoms with Crippen LogP contribution in [0.1, 0.15) is 13.3 Å². The Kier molecular flexibility index (Phi) is 5.07. The molecule has 114 valence electrons. The van der Waals surface area contributed by atoms with Crippen LogP contribution in [-0.4, -0.2) is 48.8 Å². The first kappa shape index (κ1) is 15.6. The summed E-state index contributed by atoms with van der Waals surface area (Å²) < 4.78 is 0. The van der Waals surface area contributed by atoms with Gasteiger partial charge in [-0.25, -0.2) is 0 Å². The van der Waals surface area contributed by atoms with Crippen molar-refractivity contribution >= 4 is 34.8 Å². The summed E-state index contributed by atoms with van der Waals surface area (Å²) >= 11 is 5.46. The summed E-state index contributed by atoms with van der Waals surface area (Å²) in [6.45, 7) is 3.36. The number of rotatable bonds is 4. The van der Waals surface area contributed by atoms with Crippen LogP contribution in [0.25, 0.3) is 0 Å². The van der Waals surface area contributed by atoms with Gasteiger partial charge in [0.2, 0.25) is 11.8 Å². The number of nitrogens with one attached hydrogen (secondary N) is 1. The first-order valence-electron chi connectivity index (χ1n) is 6.95. The number of carbonyl (C=O) groups excluding carboxylic acids is 2. The number of amides is 2. The molecule has 5 nitrogen and oxygen atoms in total. The van der Waals surface area contributed by atoms with E-state index in [1.54, 1.807) is 11.8 Å². The van der Waals surface area contributed by atoms with Gasteiger partial charge in [-0.1, -0.05) is 0 Å². The number of likely N-dealkylation sites (N-methyl/N-ethyl adjacent to an activating group) is 1. The van der Waals surface area contributed by atoms with E-state index in [-0.39, 0.29) is 23.7 Å². The Bertz CT molecular complexity index is 518. The normalized spacial score (nSPS) is 17.7. The second-order valence-electron chi connectivity index (χ2n) is 5.25. The highest BCUT2D eigenvalue weighted by Gasteiger charge is 2.27. The number of hydrogen-bond acceptors (Lipinski definition) is 3. The molecule has 1 N–H and O–H groups in total. The summed E-state index contributed by atoms with van der Waals surface area (Å²) in [4.78, 5) is 26.7. The molecule has 2 amide bonds. The second kappa shape index (κ2) is 6.80. The monoisotopic (exact) mass is 309 g/mol. The van der Waals surface area contributed by atoms with E-state index < -0.39 is 0 Å². The molecule has 1 atom stereocenters. The van der Waals surface area contributed by atoms with Gasteiger partial charge in [-0.05, 0) is 30.7 Å². The molecule has 0 aliphatic carbocycles. The molecule has 0 spiro atoms. The van der Waals surface area contributed by atoms with Gasteiger partial charge in [0.15, 0.2) is 0 Å². The van der Waals surface area contributed by atoms with Gasteiger partial charge in [0.1, 0.15) is 5.88 Å². The predicted octanol–water partition coefficient (Wildman–Crippen LogP) is 1.92. The summed E-state index contributed by atoms with van der Waals surface area (Å²) in [5, 5.41) is 2.71. The number of carbonyl (C=O) groups is 2. The smallest absolute Gasteiger partial charge is 0.239 e. The van der Waals surface area contributed by atoms with E-state index in [0.29, 0.717) is 0 Å². The molecule has 0 aromatic heterocycles. The van der Waals surface area contributed by atoms with Crippen LogP contribution in [-0.2, 0) is 9.59 Å². The Labute approximate surface area is 129 Å². The maximum atomic E-state index is 11.4. The zero-order valence-electron chi connectivity index (χ0n) is 12.3. The van der Waals surface area contributed by atoms with Crippen molar-refractivity contribution in [2.75, 3.05) is 36.2 Å². The number of anilines is 2. The van der Waals surface area contributed by atoms with Gasteiger partial charge in [-0.3, -0.25) is 9.59 Å². The minimum absolute atomic E-state index is 0.0487. The molecule has 1 unspecified atom stereocenters. The predicted molar refractivity (Wildman–Crippen MR) is 84.9 cm³/mol. The van der Waals surface area contributed by atoms with Gasteiger partial charge >= 0.3 is 0 Å². The van der Waals surface area contributed by atoms with Crippen molar-refractivity contribution in [2.24, 2.45) is 0 Å². The van der Waals surface area contributed by atoms with Crippen LogP contribution in [0, 0.1) is 0 Å². The van der Waals surface area contributed by atoms with Crippen LogP contribution < -0.4 is 10.2 Å². The summed E-state index contributed by atoms with van der Waals surface area (Å²) in [6.07, 6.45) is 0.973. The Balaban J connectivity index is 1.97. The second-order valence-corrected chi connectivity index (χ2v) is 5.51. The van der Waals surface area contributed by atoms with E-state index in [0.717, 1.165) is 30.9 Å². The fraction of sp³-hybridized carbons (Fsp3) is 0.467. The Morgan fingerprint density at radius 1 is 1.38 bits per heavy atom. The topological polar surface area (TPSA) is 52.7 Å². The number of hydrogen-bond donors (Lipinski definition) is 1. The van der Waals surface area contributed by atoms with Crippen molar-refractivity contribution in [3.8, 4) is 0 Å². The first-order chi connectivity index (χ1) is 10.0. The Morgan fingerprint density at radius 3 is 2.62 bits per heavy atom. The molecule has 1 aromatic carbocycles. The molecule has 1 aliphatic heterocycles. The third-order valence-corrected chi connectivity index (χ3v) is 4.09. The van der Waals surface area contributed by atoms with E-state index in [2.05, 4.69) is 10.2 Å². The van der Waals surface area contributed by atoms with Gasteiger partial charge in [-0.2, -0.15) is 0 Å². The lowest BCUT2D eigenvalue weighted by atomic mass is 10.2. The molecule has 1 aromatic rings. The molecule has 21 heavy (non-hydrogen) atoms. The summed E-state index contributed by atoms with van der Waals surface area (Å²) in [6, 6.07) is 7.93. The molecular formula is C15H20ClN3O2. The molecule has 2 rings (SSSR count). The standard InChI is InChI=1S/C15H20ClN3O2/c1-11(20)18(2)14-7-8-19(10-14)13-5-3-12(4-6-13)17-15(21)9-16/h3-6,14H,7-10H2,1-2H3,(H,17,21). The fourth-order valence-corrected chi connectivity index (χ4v) is 2.57. The lowest BCUT2D eigenvalue weighted by Crippen LogP contribution is -2.37. The largest absolute Gasteiger partial charge is 0.369 e. The van der Waals surface area contributed by atoms with Crippen molar-refractivity contribution < 1.29 is 9.59 Å². The molecular weight excluding hydrogens is 290 g/mol. The minimum atomic E-state index is -0.214. The van der Waals surface area contributed by atoms with Gasteiger partial charge in [0, 0.05) is 38.4 Å². The lowest BCUT2D eigenvalue weighted by molar-refractivity contribution is -0.129. The number of benzene rings is 1. The molecule has 6 heteroatoms. The van der Waals surface area contributed by atoms with Crippen LogP contribution in [0.5, 0.6) is 0 Å². The molecule has 0 bridgehead atoms. The number of halogens is 1. The quantitative estimate of drug-likeness (QED) is 0.865. The third kappa shape index (κ3) is 3.88. The molecule has 0 saturated carbocycles. The summed E-state index contributed by atoms with van der Waals surface area (Å²) in [7, 11) is 1.85. The van der Waals surface area contributed by atoms with E-state index >= 15 is 0 Å². The van der Waals surface area contributed by atoms with Crippen LogP contribution in [0.15, 0.2) is 24.3 Å². The zero-order valence-corrected chi connectivity index (χ0v) is 13.1. The summed E-state index contributed by atoms with van der Waals surface area (Å²) in [5.41, 5.74) is 1.83. The maximum absolute atomic E-state index is 11.4. The average Bonchev–Trinajstić information content (AvgIpc) is 2.96. The summed E-state index contributed by atoms with van der Waals surface area (Å²) in [5.74, 6) is -0.165. The highest BCUT2D eigenvalue weighted by Crippen LogP contribution is 2.24. The van der Waals surface area contributed by atoms with Crippen molar-refractivity contribution in [2.45, 2.75) is 19.4 Å². The molecule has 1 saturated heterocycles. The fourth-order valence-electron chi connectivity index (χ4n) is 2.50. The van der Waals surface area contributed by atoms with Crippen molar-refractivity contribution in [3.05, 3.63) is 24.3 Å². The maximum Gasteiger partial charge on any atom is 0.239 e. The van der Waals surface area contributed by atoms with Gasteiger partial charge < -0.3 is 15.1 Å². The van der Waals surface area contributed by atoms with Crippen LogP contribution in [0.2, 0.25) is 0 Å². The molecule has 1 heterocycles. The highest BCUT2D eigenvalue weighted by molar-refractivity contribution is 6.29. The van der Waals surface area contributed by atoms with E-state index in [1.165, 1.54) is 0 Å². The number of alkyl halides is 1. The van der Waals surface area contributed by atoms with Crippen LogP contribution in [0.3, 0.4) is 0 Å². The van der Waals surface area contributed by atoms with Gasteiger partial charge in [0.25, 0.3) is 0 Å². The number of nitrogens with zero attached hydrogens (tertiary/aromatic N) is 2. The van der Waals surface area contributed by atoms with Crippen molar-refractivity contribution in [3.63, 3.8) is 0 Å². The van der Waals surface area contributed by atoms with Crippen molar-refractivity contribution in [1.82, 2.24) is 4.90 Å². The Morgan fingerprint density at radius 2 is 2.05 bits per heavy atom. The van der Waals surface area contributed by atoms with Gasteiger partial charge in [0.05, 0.1) is 6.04 Å². The van der Waals surface area contributed by atoms with E-state index in [9.17, 15) is 9.59 Å². The van der Waals surface area contributed by atoms with Crippen LogP contribution in [0.4, 0.5) is 11.4 Å². The Hall–Kier alpha value is -1.75. The van der Waals surface area contributed by atoms with Crippen LogP contribution >= 0.6 is 11.6 Å². The van der Waals surface area contributed by atoms with Crippen molar-refractivity contribution in [1.29, 1.82) is 0 Å². The average molecular weight is 310 g/mol. The van der Waals surface area contributed by atoms with E-state index in [4.69, 9.17) is 11.6 Å². The van der Waals surface area contributed by atoms with E-state index in [1.807, 2.05) is 31.3 Å². The first-order valence-corrected chi connectivity index (χ1v) is 7.49. The zero-order chi connectivity index (χ0) is 15.4. The molecule has 1 aliphatic rings. The third-order valence-electron chi connectivity index (χ3n) is 3.85. The SMILES string of the molecule is CC(=O)N(C)C1CCN(c2ccc(NC(=O)CCl)cc2)C1. The molecule has 0 radical (unpaired) electrons. The minimum Gasteiger partial charge on any atom is -0.369 e. The lowest BCUT2D eigenvalue weighted by Gasteiger charge is -2.24. The van der Waals surface area contributed by atoms with Gasteiger partial charge in [-0.15, -0.1) is 11.6 Å². The molecule has 1 fully saturated rings. The highest BCUT2D eigenvalue weighted by atomic mass is 35.5.